The molecule has 4 aromatic rings. The van der Waals surface area contributed by atoms with E-state index in [9.17, 15) is 18.0 Å². The van der Waals surface area contributed by atoms with Crippen LogP contribution in [0.25, 0.3) is 5.82 Å². The number of nitrogens with one attached hydrogen (secondary N) is 2. The normalized spacial score (nSPS) is 11.2. The van der Waals surface area contributed by atoms with Crippen LogP contribution in [0.4, 0.5) is 30.4 Å². The lowest BCUT2D eigenvalue weighted by atomic mass is 10.2. The Kier molecular flexibility index (Phi) is 5.54. The zero-order valence-corrected chi connectivity index (χ0v) is 16.6. The van der Waals surface area contributed by atoms with Crippen LogP contribution < -0.4 is 10.6 Å². The molecule has 1 amide bonds. The van der Waals surface area contributed by atoms with E-state index in [0.29, 0.717) is 28.8 Å². The standard InChI is InChI=1S/C21H16F3N7O/c1-13-27-18(11-19(28-13)31-10-2-9-26-31)29-15-4-6-16(7-5-15)30-20(32)14-3-8-17(25-12-14)21(22,23)24/h2-12H,1H3,(H,30,32)(H,27,28,29). The highest BCUT2D eigenvalue weighted by atomic mass is 19.4. The van der Waals surface area contributed by atoms with E-state index in [1.165, 1.54) is 0 Å². The van der Waals surface area contributed by atoms with Crippen molar-refractivity contribution in [1.29, 1.82) is 0 Å². The number of alkyl halides is 3. The molecule has 0 fully saturated rings. The van der Waals surface area contributed by atoms with Gasteiger partial charge in [0, 0.05) is 36.0 Å². The summed E-state index contributed by atoms with van der Waals surface area (Å²) in [5, 5.41) is 9.93. The second kappa shape index (κ2) is 8.46. The van der Waals surface area contributed by atoms with Crippen molar-refractivity contribution < 1.29 is 18.0 Å². The van der Waals surface area contributed by atoms with Gasteiger partial charge < -0.3 is 10.6 Å². The summed E-state index contributed by atoms with van der Waals surface area (Å²) in [6.45, 7) is 1.77. The van der Waals surface area contributed by atoms with Gasteiger partial charge in [-0.1, -0.05) is 0 Å². The third-order valence-electron chi connectivity index (χ3n) is 4.29. The van der Waals surface area contributed by atoms with Crippen LogP contribution in [0.3, 0.4) is 0 Å². The minimum Gasteiger partial charge on any atom is -0.340 e. The fraction of sp³-hybridized carbons (Fsp3) is 0.0952. The number of nitrogens with zero attached hydrogens (tertiary/aromatic N) is 5. The van der Waals surface area contributed by atoms with E-state index in [1.807, 2.05) is 0 Å². The Balaban J connectivity index is 1.43. The Morgan fingerprint density at radius 2 is 1.78 bits per heavy atom. The maximum atomic E-state index is 12.6. The minimum atomic E-state index is -4.56. The first-order valence-electron chi connectivity index (χ1n) is 9.35. The van der Waals surface area contributed by atoms with Crippen molar-refractivity contribution in [3.63, 3.8) is 0 Å². The van der Waals surface area contributed by atoms with Gasteiger partial charge >= 0.3 is 6.18 Å². The molecule has 4 rings (SSSR count). The quantitative estimate of drug-likeness (QED) is 0.479. The van der Waals surface area contributed by atoms with Crippen LogP contribution >= 0.6 is 0 Å². The Bertz CT molecular complexity index is 1220. The molecule has 0 spiro atoms. The molecule has 0 unspecified atom stereocenters. The summed E-state index contributed by atoms with van der Waals surface area (Å²) in [6.07, 6.45) is -0.241. The topological polar surface area (TPSA) is 97.6 Å². The number of amides is 1. The molecule has 11 heteroatoms. The molecule has 162 valence electrons. The molecule has 0 aliphatic carbocycles. The molecule has 0 saturated carbocycles. The van der Waals surface area contributed by atoms with Crippen LogP contribution in [0.1, 0.15) is 21.9 Å². The Morgan fingerprint density at radius 3 is 2.41 bits per heavy atom. The van der Waals surface area contributed by atoms with Gasteiger partial charge in [0.05, 0.1) is 5.56 Å². The van der Waals surface area contributed by atoms with E-state index in [4.69, 9.17) is 0 Å². The number of carbonyl (C=O) groups is 1. The number of aromatic nitrogens is 5. The van der Waals surface area contributed by atoms with Gasteiger partial charge in [-0.2, -0.15) is 18.3 Å². The molecule has 0 saturated heterocycles. The molecule has 0 aliphatic rings. The summed E-state index contributed by atoms with van der Waals surface area (Å²) in [5.74, 6) is 1.17. The third-order valence-corrected chi connectivity index (χ3v) is 4.29. The van der Waals surface area contributed by atoms with Crippen LogP contribution in [0.2, 0.25) is 0 Å². The number of rotatable bonds is 5. The van der Waals surface area contributed by atoms with Crippen molar-refractivity contribution in [2.75, 3.05) is 10.6 Å². The first kappa shape index (κ1) is 21.0. The van der Waals surface area contributed by atoms with Crippen molar-refractivity contribution in [1.82, 2.24) is 24.7 Å². The SMILES string of the molecule is Cc1nc(Nc2ccc(NC(=O)c3ccc(C(F)(F)F)nc3)cc2)cc(-n2cccn2)n1. The van der Waals surface area contributed by atoms with E-state index < -0.39 is 17.8 Å². The van der Waals surface area contributed by atoms with Gasteiger partial charge in [0.25, 0.3) is 5.91 Å². The summed E-state index contributed by atoms with van der Waals surface area (Å²) in [4.78, 5) is 24.3. The van der Waals surface area contributed by atoms with Gasteiger partial charge in [0.1, 0.15) is 17.3 Å². The average Bonchev–Trinajstić information content (AvgIpc) is 3.29. The molecule has 0 atom stereocenters. The first-order chi connectivity index (χ1) is 15.3. The van der Waals surface area contributed by atoms with E-state index in [2.05, 4.69) is 30.7 Å². The molecule has 3 heterocycles. The van der Waals surface area contributed by atoms with Gasteiger partial charge in [-0.3, -0.25) is 9.78 Å². The molecule has 8 nitrogen and oxygen atoms in total. The van der Waals surface area contributed by atoms with E-state index in [-0.39, 0.29) is 5.56 Å². The number of pyridine rings is 1. The second-order valence-electron chi connectivity index (χ2n) is 6.70. The summed E-state index contributed by atoms with van der Waals surface area (Å²) in [7, 11) is 0. The van der Waals surface area contributed by atoms with Crippen molar-refractivity contribution >= 4 is 23.1 Å². The number of aryl methyl sites for hydroxylation is 1. The smallest absolute Gasteiger partial charge is 0.340 e. The summed E-state index contributed by atoms with van der Waals surface area (Å²) in [5.41, 5.74) is 0.142. The van der Waals surface area contributed by atoms with Crippen LogP contribution in [0, 0.1) is 6.92 Å². The highest BCUT2D eigenvalue weighted by molar-refractivity contribution is 6.04. The lowest BCUT2D eigenvalue weighted by Gasteiger charge is -2.10. The predicted molar refractivity (Wildman–Crippen MR) is 111 cm³/mol. The monoisotopic (exact) mass is 439 g/mol. The fourth-order valence-electron chi connectivity index (χ4n) is 2.82. The van der Waals surface area contributed by atoms with Crippen molar-refractivity contribution in [2.45, 2.75) is 13.1 Å². The number of halogens is 3. The van der Waals surface area contributed by atoms with Crippen molar-refractivity contribution in [3.05, 3.63) is 84.2 Å². The highest BCUT2D eigenvalue weighted by Crippen LogP contribution is 2.27. The van der Waals surface area contributed by atoms with Crippen molar-refractivity contribution in [2.24, 2.45) is 0 Å². The second-order valence-corrected chi connectivity index (χ2v) is 6.70. The number of anilines is 3. The van der Waals surface area contributed by atoms with Crippen LogP contribution in [-0.4, -0.2) is 30.6 Å². The van der Waals surface area contributed by atoms with Gasteiger partial charge in [0.2, 0.25) is 0 Å². The number of benzene rings is 1. The minimum absolute atomic E-state index is 0.0165. The Hall–Kier alpha value is -4.28. The summed E-state index contributed by atoms with van der Waals surface area (Å²) < 4.78 is 39.4. The average molecular weight is 439 g/mol. The zero-order valence-electron chi connectivity index (χ0n) is 16.6. The summed E-state index contributed by atoms with van der Waals surface area (Å²) in [6, 6.07) is 12.1. The van der Waals surface area contributed by atoms with E-state index >= 15 is 0 Å². The van der Waals surface area contributed by atoms with Gasteiger partial charge in [-0.25, -0.2) is 14.6 Å². The van der Waals surface area contributed by atoms with E-state index in [1.54, 1.807) is 60.4 Å². The Morgan fingerprint density at radius 1 is 1.03 bits per heavy atom. The molecule has 32 heavy (non-hydrogen) atoms. The molecule has 0 radical (unpaired) electrons. The number of carbonyl (C=O) groups excluding carboxylic acids is 1. The van der Waals surface area contributed by atoms with E-state index in [0.717, 1.165) is 18.3 Å². The highest BCUT2D eigenvalue weighted by Gasteiger charge is 2.32. The van der Waals surface area contributed by atoms with Gasteiger partial charge in [0.15, 0.2) is 5.82 Å². The molecular formula is C21H16F3N7O. The third kappa shape index (κ3) is 4.89. The van der Waals surface area contributed by atoms with Gasteiger partial charge in [-0.05, 0) is 49.4 Å². The maximum absolute atomic E-state index is 12.6. The largest absolute Gasteiger partial charge is 0.433 e. The lowest BCUT2D eigenvalue weighted by Crippen LogP contribution is -2.14. The first-order valence-corrected chi connectivity index (χ1v) is 9.35. The lowest BCUT2D eigenvalue weighted by molar-refractivity contribution is -0.141. The maximum Gasteiger partial charge on any atom is 0.433 e. The predicted octanol–water partition coefficient (Wildman–Crippen LogP) is 4.38. The fourth-order valence-corrected chi connectivity index (χ4v) is 2.82. The number of hydrogen-bond donors (Lipinski definition) is 2. The molecule has 0 bridgehead atoms. The molecular weight excluding hydrogens is 423 g/mol. The molecule has 0 aliphatic heterocycles. The molecule has 1 aromatic carbocycles. The Labute approximate surface area is 180 Å². The van der Waals surface area contributed by atoms with Crippen LogP contribution in [0.15, 0.2) is 67.1 Å². The summed E-state index contributed by atoms with van der Waals surface area (Å²) >= 11 is 0. The molecule has 3 aromatic heterocycles. The number of hydrogen-bond acceptors (Lipinski definition) is 6. The molecule has 2 N–H and O–H groups in total. The van der Waals surface area contributed by atoms with Gasteiger partial charge in [-0.15, -0.1) is 0 Å². The van der Waals surface area contributed by atoms with Crippen molar-refractivity contribution in [3.8, 4) is 5.82 Å². The van der Waals surface area contributed by atoms with Crippen LogP contribution in [-0.2, 0) is 6.18 Å². The van der Waals surface area contributed by atoms with Crippen LogP contribution in [0.5, 0.6) is 0 Å². The zero-order chi connectivity index (χ0) is 22.7.